The standard InChI is InChI=1S/C55H98NO7P/c1-6-8-10-12-14-16-18-20-22-24-26-27-28-29-30-32-34-36-38-40-42-44-46-48-55(57)63-54(53-62-64(58,59)61-51-49-56(3,4)5)52-60-50-47-45-43-41-39-37-35-33-31-25-23-21-19-17-15-13-11-9-7-2/h8,10,14,16-17,19-20,22-23,25-27,29-30,54H,6-7,9,11-13,15,18,21,24,28,31-53H2,1-5H3/p+1/b10-8-,16-14-,19-17-,22-20-,25-23-,27-26-,30-29-. The van der Waals surface area contributed by atoms with Gasteiger partial charge in [0.15, 0.2) is 0 Å². The molecule has 0 aromatic carbocycles. The molecule has 0 spiro atoms. The van der Waals surface area contributed by atoms with Crippen molar-refractivity contribution >= 4 is 13.8 Å². The van der Waals surface area contributed by atoms with Gasteiger partial charge in [0.25, 0.3) is 0 Å². The molecule has 0 fully saturated rings. The Kier molecular flexibility index (Phi) is 45.5. The van der Waals surface area contributed by atoms with E-state index in [-0.39, 0.29) is 25.8 Å². The van der Waals surface area contributed by atoms with Crippen molar-refractivity contribution < 1.29 is 37.3 Å². The van der Waals surface area contributed by atoms with Crippen LogP contribution in [0.5, 0.6) is 0 Å². The summed E-state index contributed by atoms with van der Waals surface area (Å²) in [4.78, 5) is 23.0. The van der Waals surface area contributed by atoms with Crippen LogP contribution in [-0.4, -0.2) is 75.6 Å². The van der Waals surface area contributed by atoms with Crippen LogP contribution in [0.15, 0.2) is 85.1 Å². The molecule has 9 heteroatoms. The number of phosphoric acid groups is 1. The monoisotopic (exact) mass is 917 g/mol. The van der Waals surface area contributed by atoms with E-state index in [0.717, 1.165) is 77.0 Å². The van der Waals surface area contributed by atoms with Gasteiger partial charge in [-0.05, 0) is 89.9 Å². The first-order valence-electron chi connectivity index (χ1n) is 25.8. The third-order valence-electron chi connectivity index (χ3n) is 10.7. The zero-order chi connectivity index (χ0) is 46.9. The van der Waals surface area contributed by atoms with Crippen LogP contribution in [0.3, 0.4) is 0 Å². The average Bonchev–Trinajstić information content (AvgIpc) is 3.25. The van der Waals surface area contributed by atoms with Gasteiger partial charge < -0.3 is 18.9 Å². The number of unbranched alkanes of at least 4 members (excludes halogenated alkanes) is 19. The van der Waals surface area contributed by atoms with E-state index in [0.29, 0.717) is 24.1 Å². The van der Waals surface area contributed by atoms with E-state index in [2.05, 4.69) is 98.9 Å². The summed E-state index contributed by atoms with van der Waals surface area (Å²) in [5, 5.41) is 0. The number of esters is 1. The zero-order valence-corrected chi connectivity index (χ0v) is 42.9. The average molecular weight is 917 g/mol. The van der Waals surface area contributed by atoms with Gasteiger partial charge in [-0.3, -0.25) is 13.8 Å². The Labute approximate surface area is 395 Å². The number of carbonyl (C=O) groups is 1. The molecule has 0 aliphatic carbocycles. The number of phosphoric ester groups is 1. The quantitative estimate of drug-likeness (QED) is 0.0214. The molecule has 0 amide bonds. The Bertz CT molecular complexity index is 1300. The van der Waals surface area contributed by atoms with Crippen molar-refractivity contribution in [3.05, 3.63) is 85.1 Å². The van der Waals surface area contributed by atoms with Gasteiger partial charge in [-0.25, -0.2) is 4.57 Å². The number of allylic oxidation sites excluding steroid dienone is 14. The molecule has 0 saturated heterocycles. The largest absolute Gasteiger partial charge is 0.472 e. The number of rotatable bonds is 47. The van der Waals surface area contributed by atoms with Crippen molar-refractivity contribution in [2.75, 3.05) is 54.1 Å². The van der Waals surface area contributed by atoms with Gasteiger partial charge in [0.05, 0.1) is 34.4 Å². The lowest BCUT2D eigenvalue weighted by Gasteiger charge is -2.24. The molecule has 8 nitrogen and oxygen atoms in total. The summed E-state index contributed by atoms with van der Waals surface area (Å²) in [6.45, 7) is 5.46. The topological polar surface area (TPSA) is 91.3 Å². The lowest BCUT2D eigenvalue weighted by atomic mass is 10.1. The van der Waals surface area contributed by atoms with Crippen molar-refractivity contribution in [2.45, 2.75) is 206 Å². The maximum Gasteiger partial charge on any atom is 0.472 e. The van der Waals surface area contributed by atoms with Gasteiger partial charge in [-0.2, -0.15) is 0 Å². The molecule has 1 N–H and O–H groups in total. The molecular formula is C55H99NO7P+. The lowest BCUT2D eigenvalue weighted by molar-refractivity contribution is -0.870. The number of quaternary nitrogens is 1. The van der Waals surface area contributed by atoms with Crippen LogP contribution in [0.1, 0.15) is 200 Å². The van der Waals surface area contributed by atoms with E-state index < -0.39 is 13.9 Å². The molecule has 0 radical (unpaired) electrons. The number of hydrogen-bond acceptors (Lipinski definition) is 6. The Hall–Kier alpha value is -2.32. The summed E-state index contributed by atoms with van der Waals surface area (Å²) in [5.74, 6) is -0.329. The molecular weight excluding hydrogens is 818 g/mol. The van der Waals surface area contributed by atoms with Crippen LogP contribution < -0.4 is 0 Å². The second-order valence-corrected chi connectivity index (χ2v) is 19.6. The summed E-state index contributed by atoms with van der Waals surface area (Å²) in [6.07, 6.45) is 63.4. The number of nitrogens with zero attached hydrogens (tertiary/aromatic N) is 1. The van der Waals surface area contributed by atoms with Gasteiger partial charge >= 0.3 is 13.8 Å². The van der Waals surface area contributed by atoms with Crippen LogP contribution in [0.4, 0.5) is 0 Å². The minimum Gasteiger partial charge on any atom is -0.457 e. The maximum absolute atomic E-state index is 12.8. The normalized spacial score (nSPS) is 14.3. The first-order valence-corrected chi connectivity index (χ1v) is 27.3. The summed E-state index contributed by atoms with van der Waals surface area (Å²) in [5.41, 5.74) is 0. The number of hydrogen-bond donors (Lipinski definition) is 1. The second kappa shape index (κ2) is 47.2. The Morgan fingerprint density at radius 1 is 0.500 bits per heavy atom. The molecule has 0 aliphatic rings. The van der Waals surface area contributed by atoms with Crippen molar-refractivity contribution in [1.82, 2.24) is 0 Å². The molecule has 0 saturated carbocycles. The fourth-order valence-corrected chi connectivity index (χ4v) is 7.47. The van der Waals surface area contributed by atoms with E-state index in [9.17, 15) is 14.3 Å². The van der Waals surface area contributed by atoms with Gasteiger partial charge in [0.2, 0.25) is 0 Å². The van der Waals surface area contributed by atoms with Gasteiger partial charge in [-0.1, -0.05) is 189 Å². The van der Waals surface area contributed by atoms with Crippen molar-refractivity contribution in [2.24, 2.45) is 0 Å². The molecule has 0 heterocycles. The molecule has 2 unspecified atom stereocenters. The Morgan fingerprint density at radius 2 is 0.906 bits per heavy atom. The minimum absolute atomic E-state index is 0.0806. The number of ether oxygens (including phenoxy) is 2. The third-order valence-corrected chi connectivity index (χ3v) is 11.7. The molecule has 0 aromatic heterocycles. The van der Waals surface area contributed by atoms with Crippen molar-refractivity contribution in [3.63, 3.8) is 0 Å². The smallest absolute Gasteiger partial charge is 0.457 e. The highest BCUT2D eigenvalue weighted by Crippen LogP contribution is 2.43. The molecule has 0 bridgehead atoms. The van der Waals surface area contributed by atoms with Crippen molar-refractivity contribution in [3.8, 4) is 0 Å². The lowest BCUT2D eigenvalue weighted by Crippen LogP contribution is -2.37. The Morgan fingerprint density at radius 3 is 1.36 bits per heavy atom. The van der Waals surface area contributed by atoms with E-state index in [1.165, 1.54) is 103 Å². The fraction of sp³-hybridized carbons (Fsp3) is 0.727. The third kappa shape index (κ3) is 50.7. The van der Waals surface area contributed by atoms with E-state index in [1.54, 1.807) is 0 Å². The van der Waals surface area contributed by atoms with Gasteiger partial charge in [0.1, 0.15) is 19.3 Å². The highest BCUT2D eigenvalue weighted by atomic mass is 31.2. The van der Waals surface area contributed by atoms with Crippen LogP contribution in [0.25, 0.3) is 0 Å². The molecule has 2 atom stereocenters. The summed E-state index contributed by atoms with van der Waals surface area (Å²) < 4.78 is 35.1. The maximum atomic E-state index is 12.8. The summed E-state index contributed by atoms with van der Waals surface area (Å²) in [7, 11) is 1.64. The minimum atomic E-state index is -4.29. The molecule has 0 aliphatic heterocycles. The number of likely N-dealkylation sites (N-methyl/N-ethyl adjacent to an activating group) is 1. The van der Waals surface area contributed by atoms with E-state index >= 15 is 0 Å². The Balaban J connectivity index is 4.20. The number of carbonyl (C=O) groups excluding carboxylic acids is 1. The van der Waals surface area contributed by atoms with Gasteiger partial charge in [0, 0.05) is 13.0 Å². The fourth-order valence-electron chi connectivity index (χ4n) is 6.73. The highest BCUT2D eigenvalue weighted by molar-refractivity contribution is 7.47. The zero-order valence-electron chi connectivity index (χ0n) is 42.0. The molecule has 64 heavy (non-hydrogen) atoms. The van der Waals surface area contributed by atoms with E-state index in [1.807, 2.05) is 21.1 Å². The van der Waals surface area contributed by atoms with Gasteiger partial charge in [-0.15, -0.1) is 0 Å². The molecule has 370 valence electrons. The summed E-state index contributed by atoms with van der Waals surface area (Å²) >= 11 is 0. The first-order chi connectivity index (χ1) is 31.1. The SMILES string of the molecule is CC/C=C\C/C=C\C/C=C\C/C=C\C/C=C\CCCCCCCCCC(=O)OC(COCCCCCCCCCC/C=C\C/C=C\CCCCCC)COP(=O)(O)OCC[N+](C)(C)C. The van der Waals surface area contributed by atoms with Crippen molar-refractivity contribution in [1.29, 1.82) is 0 Å². The predicted molar refractivity (Wildman–Crippen MR) is 275 cm³/mol. The van der Waals surface area contributed by atoms with Crippen LogP contribution >= 0.6 is 7.82 Å². The van der Waals surface area contributed by atoms with Crippen LogP contribution in [-0.2, 0) is 27.9 Å². The highest BCUT2D eigenvalue weighted by Gasteiger charge is 2.26. The van der Waals surface area contributed by atoms with E-state index in [4.69, 9.17) is 18.5 Å². The molecule has 0 aromatic rings. The summed E-state index contributed by atoms with van der Waals surface area (Å²) in [6, 6.07) is 0. The first kappa shape index (κ1) is 61.7. The predicted octanol–water partition coefficient (Wildman–Crippen LogP) is 16.0. The second-order valence-electron chi connectivity index (χ2n) is 18.2. The van der Waals surface area contributed by atoms with Crippen LogP contribution in [0.2, 0.25) is 0 Å². The van der Waals surface area contributed by atoms with Crippen LogP contribution in [0, 0.1) is 0 Å². The molecule has 0 rings (SSSR count).